The fourth-order valence-corrected chi connectivity index (χ4v) is 4.37. The van der Waals surface area contributed by atoms with Crippen molar-refractivity contribution in [3.8, 4) is 0 Å². The third-order valence-corrected chi connectivity index (χ3v) is 5.87. The van der Waals surface area contributed by atoms with Crippen molar-refractivity contribution in [1.82, 2.24) is 9.97 Å². The van der Waals surface area contributed by atoms with E-state index in [-0.39, 0.29) is 16.5 Å². The Morgan fingerprint density at radius 3 is 2.68 bits per heavy atom. The Kier molecular flexibility index (Phi) is 7.15. The van der Waals surface area contributed by atoms with Crippen LogP contribution in [0.3, 0.4) is 0 Å². The summed E-state index contributed by atoms with van der Waals surface area (Å²) in [5, 5.41) is 0.238. The van der Waals surface area contributed by atoms with Crippen molar-refractivity contribution in [1.29, 1.82) is 0 Å². The molecule has 0 spiro atoms. The van der Waals surface area contributed by atoms with Crippen molar-refractivity contribution < 1.29 is 13.6 Å². The first kappa shape index (κ1) is 22.6. The lowest BCUT2D eigenvalue weighted by atomic mass is 9.77. The standard InChI is InChI=1S/C15H20F2.C9H7N3O2/c1-3-12-13(7-8-14(16)15(12)17)11-6-4-5-10(2)9-11;10-9(14)8-7-5(1-3-12-8)11-4-2-6(7)13/h7-8,10-11H,3-6,9H2,1-2H3;1-4H,(H2,10,14)(H,11,13). The van der Waals surface area contributed by atoms with Gasteiger partial charge >= 0.3 is 0 Å². The molecule has 2 atom stereocenters. The minimum Gasteiger partial charge on any atom is -0.364 e. The van der Waals surface area contributed by atoms with E-state index >= 15 is 0 Å². The normalized spacial score (nSPS) is 18.3. The van der Waals surface area contributed by atoms with Crippen molar-refractivity contribution >= 4 is 16.8 Å². The molecule has 0 aliphatic heterocycles. The molecular formula is C24H27F2N3O2. The molecule has 164 valence electrons. The minimum atomic E-state index is -0.713. The summed E-state index contributed by atoms with van der Waals surface area (Å²) in [6.07, 6.45) is 8.20. The van der Waals surface area contributed by atoms with Gasteiger partial charge in [-0.1, -0.05) is 32.8 Å². The van der Waals surface area contributed by atoms with Gasteiger partial charge in [-0.15, -0.1) is 0 Å². The van der Waals surface area contributed by atoms with Gasteiger partial charge in [-0.05, 0) is 54.4 Å². The third-order valence-electron chi connectivity index (χ3n) is 5.87. The molecule has 31 heavy (non-hydrogen) atoms. The van der Waals surface area contributed by atoms with Gasteiger partial charge in [0.05, 0.1) is 10.9 Å². The smallest absolute Gasteiger partial charge is 0.268 e. The van der Waals surface area contributed by atoms with Crippen molar-refractivity contribution in [2.24, 2.45) is 11.7 Å². The molecule has 1 amide bonds. The molecule has 1 saturated carbocycles. The Labute approximate surface area is 179 Å². The second-order valence-corrected chi connectivity index (χ2v) is 8.04. The Morgan fingerprint density at radius 1 is 1.23 bits per heavy atom. The maximum absolute atomic E-state index is 13.7. The monoisotopic (exact) mass is 427 g/mol. The molecule has 2 unspecified atom stereocenters. The number of nitrogens with zero attached hydrogens (tertiary/aromatic N) is 1. The Balaban J connectivity index is 0.000000179. The summed E-state index contributed by atoms with van der Waals surface area (Å²) in [5.74, 6) is -0.930. The van der Waals surface area contributed by atoms with Gasteiger partial charge in [-0.2, -0.15) is 0 Å². The van der Waals surface area contributed by atoms with Crippen LogP contribution < -0.4 is 11.2 Å². The molecule has 5 nitrogen and oxygen atoms in total. The summed E-state index contributed by atoms with van der Waals surface area (Å²) in [7, 11) is 0. The molecule has 0 bridgehead atoms. The zero-order valence-corrected chi connectivity index (χ0v) is 17.8. The molecule has 1 aliphatic carbocycles. The Hall–Kier alpha value is -3.09. The van der Waals surface area contributed by atoms with Crippen LogP contribution in [-0.2, 0) is 6.42 Å². The molecule has 1 aromatic carbocycles. The molecule has 0 saturated heterocycles. The highest BCUT2D eigenvalue weighted by Crippen LogP contribution is 2.38. The lowest BCUT2D eigenvalue weighted by molar-refractivity contribution is 0.0997. The number of pyridine rings is 2. The summed E-state index contributed by atoms with van der Waals surface area (Å²) in [4.78, 5) is 29.0. The molecule has 7 heteroatoms. The summed E-state index contributed by atoms with van der Waals surface area (Å²) in [5.41, 5.74) is 7.02. The molecular weight excluding hydrogens is 400 g/mol. The van der Waals surface area contributed by atoms with Crippen LogP contribution in [0.15, 0.2) is 41.5 Å². The van der Waals surface area contributed by atoms with Crippen LogP contribution in [0.2, 0.25) is 0 Å². The highest BCUT2D eigenvalue weighted by Gasteiger charge is 2.24. The number of hydrogen-bond donors (Lipinski definition) is 2. The highest BCUT2D eigenvalue weighted by molar-refractivity contribution is 6.03. The van der Waals surface area contributed by atoms with Crippen molar-refractivity contribution in [2.75, 3.05) is 0 Å². The number of primary amides is 1. The van der Waals surface area contributed by atoms with Crippen molar-refractivity contribution in [2.45, 2.75) is 51.9 Å². The van der Waals surface area contributed by atoms with E-state index in [1.165, 1.54) is 37.4 Å². The number of nitrogens with two attached hydrogens (primary N) is 1. The van der Waals surface area contributed by atoms with Gasteiger partial charge in [0.25, 0.3) is 5.91 Å². The van der Waals surface area contributed by atoms with Crippen LogP contribution in [0.5, 0.6) is 0 Å². The Bertz CT molecular complexity index is 1140. The van der Waals surface area contributed by atoms with Gasteiger partial charge < -0.3 is 10.7 Å². The van der Waals surface area contributed by atoms with Gasteiger partial charge in [-0.25, -0.2) is 8.78 Å². The Morgan fingerprint density at radius 2 is 2.00 bits per heavy atom. The highest BCUT2D eigenvalue weighted by atomic mass is 19.2. The molecule has 2 aromatic heterocycles. The van der Waals surface area contributed by atoms with Gasteiger partial charge in [0.1, 0.15) is 5.69 Å². The number of halogens is 2. The van der Waals surface area contributed by atoms with Crippen molar-refractivity contribution in [3.05, 3.63) is 75.3 Å². The quantitative estimate of drug-likeness (QED) is 0.627. The lowest BCUT2D eigenvalue weighted by Gasteiger charge is -2.28. The summed E-state index contributed by atoms with van der Waals surface area (Å²) >= 11 is 0. The maximum atomic E-state index is 13.7. The van der Waals surface area contributed by atoms with E-state index in [1.54, 1.807) is 12.1 Å². The number of carbonyl (C=O) groups is 1. The third kappa shape index (κ3) is 4.98. The second kappa shape index (κ2) is 9.81. The van der Waals surface area contributed by atoms with E-state index in [4.69, 9.17) is 5.73 Å². The van der Waals surface area contributed by atoms with E-state index in [0.29, 0.717) is 29.3 Å². The predicted molar refractivity (Wildman–Crippen MR) is 117 cm³/mol. The zero-order chi connectivity index (χ0) is 22.5. The first-order valence-electron chi connectivity index (χ1n) is 10.6. The number of carbonyl (C=O) groups excluding carboxylic acids is 1. The largest absolute Gasteiger partial charge is 0.364 e. The van der Waals surface area contributed by atoms with Crippen LogP contribution in [-0.4, -0.2) is 15.9 Å². The van der Waals surface area contributed by atoms with E-state index in [2.05, 4.69) is 16.9 Å². The molecule has 2 heterocycles. The molecule has 4 rings (SSSR count). The number of rotatable bonds is 3. The number of fused-ring (bicyclic) bond motifs is 1. The van der Waals surface area contributed by atoms with Gasteiger partial charge in [0.15, 0.2) is 17.1 Å². The molecule has 0 radical (unpaired) electrons. The number of hydrogen-bond acceptors (Lipinski definition) is 3. The van der Waals surface area contributed by atoms with Crippen LogP contribution in [0.25, 0.3) is 10.9 Å². The summed E-state index contributed by atoms with van der Waals surface area (Å²) < 4.78 is 27.0. The lowest BCUT2D eigenvalue weighted by Crippen LogP contribution is -2.17. The van der Waals surface area contributed by atoms with E-state index in [9.17, 15) is 18.4 Å². The predicted octanol–water partition coefficient (Wildman–Crippen LogP) is 4.84. The summed E-state index contributed by atoms with van der Waals surface area (Å²) in [6, 6.07) is 6.02. The number of nitrogens with one attached hydrogen (secondary N) is 1. The number of aromatic nitrogens is 2. The van der Waals surface area contributed by atoms with Crippen LogP contribution in [0.1, 0.15) is 67.1 Å². The minimum absolute atomic E-state index is 0.00403. The molecule has 3 aromatic rings. The first-order chi connectivity index (χ1) is 14.8. The van der Waals surface area contributed by atoms with Gasteiger partial charge in [0, 0.05) is 18.5 Å². The van der Waals surface area contributed by atoms with E-state index < -0.39 is 17.5 Å². The number of benzene rings is 1. The second-order valence-electron chi connectivity index (χ2n) is 8.04. The van der Waals surface area contributed by atoms with Crippen LogP contribution in [0.4, 0.5) is 8.78 Å². The maximum Gasteiger partial charge on any atom is 0.268 e. The summed E-state index contributed by atoms with van der Waals surface area (Å²) in [6.45, 7) is 4.14. The van der Waals surface area contributed by atoms with Crippen LogP contribution in [0, 0.1) is 17.6 Å². The number of H-pyrrole nitrogens is 1. The SMILES string of the molecule is CCc1c(C2CCCC(C)C2)ccc(F)c1F.NC(=O)c1nccc2[nH]ccc(=O)c12. The fraction of sp³-hybridized carbons (Fsp3) is 0.375. The number of amides is 1. The topological polar surface area (TPSA) is 88.8 Å². The van der Waals surface area contributed by atoms with Crippen molar-refractivity contribution in [3.63, 3.8) is 0 Å². The van der Waals surface area contributed by atoms with E-state index in [0.717, 1.165) is 18.4 Å². The zero-order valence-electron chi connectivity index (χ0n) is 17.8. The molecule has 1 aliphatic rings. The fourth-order valence-electron chi connectivity index (χ4n) is 4.37. The van der Waals surface area contributed by atoms with Crippen LogP contribution >= 0.6 is 0 Å². The van der Waals surface area contributed by atoms with Gasteiger partial charge in [0.2, 0.25) is 0 Å². The average molecular weight is 427 g/mol. The number of aromatic amines is 1. The van der Waals surface area contributed by atoms with Gasteiger partial charge in [-0.3, -0.25) is 14.6 Å². The van der Waals surface area contributed by atoms with E-state index in [1.807, 2.05) is 6.92 Å². The molecule has 1 fully saturated rings. The average Bonchev–Trinajstić information content (AvgIpc) is 2.75. The molecule has 3 N–H and O–H groups in total. The first-order valence-corrected chi connectivity index (χ1v) is 10.6.